The molecule has 0 amide bonds. The van der Waals surface area contributed by atoms with Gasteiger partial charge in [0.1, 0.15) is 11.4 Å². The van der Waals surface area contributed by atoms with Crippen LogP contribution in [0.15, 0.2) is 35.8 Å². The number of ether oxygens (including phenoxy) is 1. The summed E-state index contributed by atoms with van der Waals surface area (Å²) in [7, 11) is 1.31. The number of nitrogens with one attached hydrogen (secondary N) is 1. The fourth-order valence-electron chi connectivity index (χ4n) is 2.12. The molecule has 0 saturated carbocycles. The Morgan fingerprint density at radius 1 is 1.12 bits per heavy atom. The number of anilines is 2. The summed E-state index contributed by atoms with van der Waals surface area (Å²) in [6.07, 6.45) is -2.96. The third-order valence-corrected chi connectivity index (χ3v) is 4.04. The molecule has 2 aromatic heterocycles. The second-order valence-electron chi connectivity index (χ2n) is 5.09. The first-order chi connectivity index (χ1) is 11.8. The van der Waals surface area contributed by atoms with Gasteiger partial charge in [0, 0.05) is 23.3 Å². The minimum absolute atomic E-state index is 0.0867. The van der Waals surface area contributed by atoms with Crippen molar-refractivity contribution in [3.8, 4) is 17.1 Å². The number of aryl methyl sites for hydroxylation is 1. The van der Waals surface area contributed by atoms with Crippen LogP contribution in [0.3, 0.4) is 0 Å². The summed E-state index contributed by atoms with van der Waals surface area (Å²) < 4.78 is 43.9. The van der Waals surface area contributed by atoms with Crippen LogP contribution in [0.1, 0.15) is 10.6 Å². The van der Waals surface area contributed by atoms with Gasteiger partial charge in [0.25, 0.3) is 0 Å². The van der Waals surface area contributed by atoms with Crippen molar-refractivity contribution in [3.05, 3.63) is 46.4 Å². The fourth-order valence-corrected chi connectivity index (χ4v) is 2.73. The van der Waals surface area contributed by atoms with Crippen molar-refractivity contribution in [2.75, 3.05) is 12.4 Å². The van der Waals surface area contributed by atoms with E-state index in [0.29, 0.717) is 11.4 Å². The minimum atomic E-state index is -4.48. The Morgan fingerprint density at radius 3 is 2.56 bits per heavy atom. The molecule has 0 bridgehead atoms. The topological polar surface area (TPSA) is 59.9 Å². The van der Waals surface area contributed by atoms with Gasteiger partial charge < -0.3 is 10.1 Å². The van der Waals surface area contributed by atoms with Crippen molar-refractivity contribution in [2.45, 2.75) is 13.1 Å². The zero-order chi connectivity index (χ0) is 18.0. The summed E-state index contributed by atoms with van der Waals surface area (Å²) in [5, 5.41) is 5.53. The Balaban J connectivity index is 1.92. The Hall–Kier alpha value is -2.68. The quantitative estimate of drug-likeness (QED) is 0.726. The predicted octanol–water partition coefficient (Wildman–Crippen LogP) is 4.68. The van der Waals surface area contributed by atoms with Crippen LogP contribution in [0, 0.1) is 6.92 Å². The molecule has 0 unspecified atom stereocenters. The van der Waals surface area contributed by atoms with Crippen molar-refractivity contribution in [1.29, 1.82) is 0 Å². The molecule has 3 rings (SSSR count). The van der Waals surface area contributed by atoms with E-state index in [4.69, 9.17) is 4.74 Å². The highest BCUT2D eigenvalue weighted by Gasteiger charge is 2.31. The van der Waals surface area contributed by atoms with E-state index in [0.717, 1.165) is 17.1 Å². The second-order valence-corrected chi connectivity index (χ2v) is 6.15. The Bertz CT molecular complexity index is 895. The molecule has 0 aliphatic rings. The number of nitrogens with zero attached hydrogens (tertiary/aromatic N) is 3. The Kier molecular flexibility index (Phi) is 4.58. The highest BCUT2D eigenvalue weighted by atomic mass is 32.1. The van der Waals surface area contributed by atoms with Crippen LogP contribution >= 0.6 is 11.3 Å². The average Bonchev–Trinajstić information content (AvgIpc) is 3.00. The molecule has 5 nitrogen and oxygen atoms in total. The monoisotopic (exact) mass is 366 g/mol. The number of hydrogen-bond donors (Lipinski definition) is 1. The lowest BCUT2D eigenvalue weighted by Crippen LogP contribution is -2.07. The predicted molar refractivity (Wildman–Crippen MR) is 89.2 cm³/mol. The van der Waals surface area contributed by atoms with E-state index in [9.17, 15) is 13.2 Å². The van der Waals surface area contributed by atoms with Crippen LogP contribution in [0.25, 0.3) is 11.4 Å². The molecule has 0 saturated heterocycles. The van der Waals surface area contributed by atoms with E-state index in [-0.39, 0.29) is 17.4 Å². The normalized spacial score (nSPS) is 11.4. The molecule has 0 spiro atoms. The highest BCUT2D eigenvalue weighted by molar-refractivity contribution is 7.09. The summed E-state index contributed by atoms with van der Waals surface area (Å²) in [4.78, 5) is 12.7. The van der Waals surface area contributed by atoms with Gasteiger partial charge in [-0.3, -0.25) is 0 Å². The molecular formula is C16H13F3N4OS. The zero-order valence-electron chi connectivity index (χ0n) is 13.3. The summed E-state index contributed by atoms with van der Waals surface area (Å²) in [5.41, 5.74) is 0.634. The van der Waals surface area contributed by atoms with Gasteiger partial charge in [-0.15, -0.1) is 11.3 Å². The SMILES string of the molecule is COc1cc(Nc2nccc(-c3csc(C)n3)n2)cc(C(F)(F)F)c1. The molecule has 0 aliphatic carbocycles. The first-order valence-corrected chi connectivity index (χ1v) is 8.02. The van der Waals surface area contributed by atoms with Gasteiger partial charge in [0.2, 0.25) is 5.95 Å². The van der Waals surface area contributed by atoms with Crippen molar-refractivity contribution in [1.82, 2.24) is 15.0 Å². The molecular weight excluding hydrogens is 353 g/mol. The minimum Gasteiger partial charge on any atom is -0.497 e. The van der Waals surface area contributed by atoms with Gasteiger partial charge in [0.05, 0.1) is 23.4 Å². The van der Waals surface area contributed by atoms with E-state index in [1.165, 1.54) is 30.7 Å². The number of hydrogen-bond acceptors (Lipinski definition) is 6. The van der Waals surface area contributed by atoms with Crippen LogP contribution in [-0.4, -0.2) is 22.1 Å². The van der Waals surface area contributed by atoms with Crippen molar-refractivity contribution in [2.24, 2.45) is 0 Å². The van der Waals surface area contributed by atoms with Gasteiger partial charge in [-0.2, -0.15) is 13.2 Å². The number of halogens is 3. The molecule has 25 heavy (non-hydrogen) atoms. The third kappa shape index (κ3) is 4.05. The summed E-state index contributed by atoms with van der Waals surface area (Å²) >= 11 is 1.49. The van der Waals surface area contributed by atoms with Gasteiger partial charge in [-0.1, -0.05) is 0 Å². The first kappa shape index (κ1) is 17.2. The molecule has 3 aromatic rings. The number of benzene rings is 1. The summed E-state index contributed by atoms with van der Waals surface area (Å²) in [6, 6.07) is 5.04. The number of rotatable bonds is 4. The van der Waals surface area contributed by atoms with E-state index < -0.39 is 11.7 Å². The molecule has 0 radical (unpaired) electrons. The fraction of sp³-hybridized carbons (Fsp3) is 0.188. The van der Waals surface area contributed by atoms with E-state index >= 15 is 0 Å². The first-order valence-electron chi connectivity index (χ1n) is 7.14. The molecule has 0 atom stereocenters. The zero-order valence-corrected chi connectivity index (χ0v) is 14.1. The maximum absolute atomic E-state index is 13.0. The highest BCUT2D eigenvalue weighted by Crippen LogP contribution is 2.34. The van der Waals surface area contributed by atoms with Gasteiger partial charge in [0.15, 0.2) is 0 Å². The van der Waals surface area contributed by atoms with Crippen LogP contribution in [0.2, 0.25) is 0 Å². The second kappa shape index (κ2) is 6.67. The van der Waals surface area contributed by atoms with Crippen LogP contribution in [0.4, 0.5) is 24.8 Å². The van der Waals surface area contributed by atoms with Crippen molar-refractivity contribution >= 4 is 23.0 Å². The van der Waals surface area contributed by atoms with Gasteiger partial charge in [-0.25, -0.2) is 15.0 Å². The van der Waals surface area contributed by atoms with E-state index in [1.54, 1.807) is 6.07 Å². The van der Waals surface area contributed by atoms with Crippen molar-refractivity contribution in [3.63, 3.8) is 0 Å². The maximum atomic E-state index is 13.0. The molecule has 0 fully saturated rings. The number of thiazole rings is 1. The summed E-state index contributed by atoms with van der Waals surface area (Å²) in [5.74, 6) is 0.258. The Morgan fingerprint density at radius 2 is 1.92 bits per heavy atom. The lowest BCUT2D eigenvalue weighted by molar-refractivity contribution is -0.137. The van der Waals surface area contributed by atoms with Gasteiger partial charge >= 0.3 is 6.18 Å². The number of methoxy groups -OCH3 is 1. The molecule has 9 heteroatoms. The van der Waals surface area contributed by atoms with E-state index in [2.05, 4.69) is 20.3 Å². The van der Waals surface area contributed by atoms with Gasteiger partial charge in [-0.05, 0) is 25.1 Å². The molecule has 1 N–H and O–H groups in total. The lowest BCUT2D eigenvalue weighted by atomic mass is 10.2. The third-order valence-electron chi connectivity index (χ3n) is 3.26. The smallest absolute Gasteiger partial charge is 0.416 e. The number of aromatic nitrogens is 3. The molecule has 0 aliphatic heterocycles. The largest absolute Gasteiger partial charge is 0.497 e. The molecule has 1 aromatic carbocycles. The van der Waals surface area contributed by atoms with Crippen LogP contribution in [-0.2, 0) is 6.18 Å². The maximum Gasteiger partial charge on any atom is 0.416 e. The average molecular weight is 366 g/mol. The number of alkyl halides is 3. The lowest BCUT2D eigenvalue weighted by Gasteiger charge is -2.12. The molecule has 130 valence electrons. The van der Waals surface area contributed by atoms with Crippen LogP contribution in [0.5, 0.6) is 5.75 Å². The Labute approximate surface area is 145 Å². The van der Waals surface area contributed by atoms with E-state index in [1.807, 2.05) is 12.3 Å². The standard InChI is InChI=1S/C16H13F3N4OS/c1-9-21-14(8-25-9)13-3-4-20-15(23-13)22-11-5-10(16(17,18)19)6-12(7-11)24-2/h3-8H,1-2H3,(H,20,22,23). The molecule has 2 heterocycles. The van der Waals surface area contributed by atoms with Crippen LogP contribution < -0.4 is 10.1 Å². The summed E-state index contributed by atoms with van der Waals surface area (Å²) in [6.45, 7) is 1.88. The van der Waals surface area contributed by atoms with Crippen molar-refractivity contribution < 1.29 is 17.9 Å².